The van der Waals surface area contributed by atoms with Crippen molar-refractivity contribution in [3.8, 4) is 0 Å². The molecule has 2 fully saturated rings. The minimum atomic E-state index is -0.169. The lowest BCUT2D eigenvalue weighted by atomic mass is 9.93. The third-order valence-electron chi connectivity index (χ3n) is 6.79. The summed E-state index contributed by atoms with van der Waals surface area (Å²) in [6, 6.07) is 10.3. The van der Waals surface area contributed by atoms with Gasteiger partial charge in [0.1, 0.15) is 23.8 Å². The minimum Gasteiger partial charge on any atom is -0.378 e. The number of rotatable bonds is 2. The van der Waals surface area contributed by atoms with Crippen LogP contribution in [-0.4, -0.2) is 64.8 Å². The Balaban J connectivity index is 0.000000142. The molecule has 0 amide bonds. The van der Waals surface area contributed by atoms with Crippen LogP contribution in [0.4, 0.5) is 8.78 Å². The van der Waals surface area contributed by atoms with Crippen molar-refractivity contribution in [1.29, 1.82) is 0 Å². The number of morpholine rings is 2. The molecule has 0 bridgehead atoms. The van der Waals surface area contributed by atoms with Crippen molar-refractivity contribution < 1.29 is 27.7 Å². The topological polar surface area (TPSA) is 61.0 Å². The molecule has 2 saturated heterocycles. The lowest BCUT2D eigenvalue weighted by Gasteiger charge is -2.35. The lowest BCUT2D eigenvalue weighted by molar-refractivity contribution is -0.0312. The quantitative estimate of drug-likeness (QED) is 0.698. The first-order valence-corrected chi connectivity index (χ1v) is 12.1. The maximum absolute atomic E-state index is 13.2. The van der Waals surface area contributed by atoms with Crippen molar-refractivity contribution in [3.63, 3.8) is 0 Å². The van der Waals surface area contributed by atoms with Crippen molar-refractivity contribution in [2.75, 3.05) is 52.7 Å². The number of hydrogen-bond acceptors (Lipinski definition) is 6. The van der Waals surface area contributed by atoms with Gasteiger partial charge in [0, 0.05) is 13.1 Å². The van der Waals surface area contributed by atoms with E-state index in [-0.39, 0.29) is 35.9 Å². The Morgan fingerprint density at radius 1 is 0.647 bits per heavy atom. The lowest BCUT2D eigenvalue weighted by Crippen LogP contribution is -2.46. The first-order chi connectivity index (χ1) is 16.7. The van der Waals surface area contributed by atoms with E-state index in [2.05, 4.69) is 10.6 Å². The van der Waals surface area contributed by atoms with Crippen LogP contribution in [0.3, 0.4) is 0 Å². The maximum atomic E-state index is 13.2. The third-order valence-corrected chi connectivity index (χ3v) is 6.79. The maximum Gasteiger partial charge on any atom is 0.123 e. The molecular formula is C26H32F2N2O4. The highest BCUT2D eigenvalue weighted by atomic mass is 19.1. The molecule has 4 atom stereocenters. The highest BCUT2D eigenvalue weighted by Gasteiger charge is 2.31. The van der Waals surface area contributed by atoms with Gasteiger partial charge in [0.2, 0.25) is 0 Å². The number of ether oxygens (including phenoxy) is 4. The van der Waals surface area contributed by atoms with Crippen LogP contribution >= 0.6 is 0 Å². The molecule has 2 N–H and O–H groups in total. The zero-order valence-corrected chi connectivity index (χ0v) is 19.2. The van der Waals surface area contributed by atoms with Crippen LogP contribution in [-0.2, 0) is 31.8 Å². The smallest absolute Gasteiger partial charge is 0.123 e. The van der Waals surface area contributed by atoms with Gasteiger partial charge in [-0.25, -0.2) is 8.78 Å². The van der Waals surface area contributed by atoms with Crippen LogP contribution in [0, 0.1) is 11.6 Å². The molecule has 0 spiro atoms. The Morgan fingerprint density at radius 3 is 1.53 bits per heavy atom. The summed E-state index contributed by atoms with van der Waals surface area (Å²) >= 11 is 0. The van der Waals surface area contributed by atoms with Crippen LogP contribution in [0.25, 0.3) is 0 Å². The molecule has 4 aliphatic heterocycles. The zero-order valence-electron chi connectivity index (χ0n) is 19.2. The van der Waals surface area contributed by atoms with Crippen LogP contribution in [0.2, 0.25) is 0 Å². The highest BCUT2D eigenvalue weighted by molar-refractivity contribution is 5.33. The summed E-state index contributed by atoms with van der Waals surface area (Å²) in [5, 5.41) is 6.80. The van der Waals surface area contributed by atoms with Gasteiger partial charge in [0.25, 0.3) is 0 Å². The molecule has 0 aliphatic carbocycles. The van der Waals surface area contributed by atoms with Crippen molar-refractivity contribution in [1.82, 2.24) is 10.6 Å². The second-order valence-electron chi connectivity index (χ2n) is 9.04. The predicted molar refractivity (Wildman–Crippen MR) is 123 cm³/mol. The molecule has 34 heavy (non-hydrogen) atoms. The Bertz CT molecular complexity index is 886. The first-order valence-electron chi connectivity index (χ1n) is 12.1. The van der Waals surface area contributed by atoms with Gasteiger partial charge in [0.05, 0.1) is 51.7 Å². The van der Waals surface area contributed by atoms with Crippen molar-refractivity contribution in [2.24, 2.45) is 0 Å². The van der Waals surface area contributed by atoms with Crippen molar-refractivity contribution in [2.45, 2.75) is 37.1 Å². The van der Waals surface area contributed by atoms with E-state index in [1.165, 1.54) is 12.1 Å². The molecule has 2 aromatic rings. The fourth-order valence-electron chi connectivity index (χ4n) is 5.13. The summed E-state index contributed by atoms with van der Waals surface area (Å²) in [5.74, 6) is -0.338. The van der Waals surface area contributed by atoms with Gasteiger partial charge in [-0.2, -0.15) is 0 Å². The number of benzene rings is 2. The van der Waals surface area contributed by atoms with E-state index in [4.69, 9.17) is 18.9 Å². The monoisotopic (exact) mass is 474 g/mol. The molecule has 6 rings (SSSR count). The van der Waals surface area contributed by atoms with E-state index in [0.717, 1.165) is 61.4 Å². The average molecular weight is 475 g/mol. The molecule has 0 unspecified atom stereocenters. The van der Waals surface area contributed by atoms with E-state index in [1.807, 2.05) is 12.1 Å². The average Bonchev–Trinajstić information content (AvgIpc) is 2.89. The standard InChI is InChI=1S/2C13H16FNO2/c2*14-10-1-2-11-9(7-10)3-5-17-13(11)12-8-16-6-4-15-12/h2*1-2,7,12-13,15H,3-6,8H2/t12-,13+;12-,13-/m00/s1. The van der Waals surface area contributed by atoms with Gasteiger partial charge in [-0.1, -0.05) is 12.1 Å². The molecule has 0 saturated carbocycles. The van der Waals surface area contributed by atoms with Gasteiger partial charge >= 0.3 is 0 Å². The van der Waals surface area contributed by atoms with Crippen molar-refractivity contribution in [3.05, 3.63) is 70.3 Å². The fraction of sp³-hybridized carbons (Fsp3) is 0.538. The van der Waals surface area contributed by atoms with Crippen LogP contribution in [0.15, 0.2) is 36.4 Å². The summed E-state index contributed by atoms with van der Waals surface area (Å²) in [6.07, 6.45) is 1.55. The number of nitrogens with one attached hydrogen (secondary N) is 2. The van der Waals surface area contributed by atoms with E-state index >= 15 is 0 Å². The fourth-order valence-corrected chi connectivity index (χ4v) is 5.13. The Hall–Kier alpha value is -1.94. The number of fused-ring (bicyclic) bond motifs is 2. The van der Waals surface area contributed by atoms with Crippen LogP contribution in [0.5, 0.6) is 0 Å². The summed E-state index contributed by atoms with van der Waals surface area (Å²) in [7, 11) is 0. The Morgan fingerprint density at radius 2 is 1.12 bits per heavy atom. The van der Waals surface area contributed by atoms with Gasteiger partial charge in [-0.15, -0.1) is 0 Å². The summed E-state index contributed by atoms with van der Waals surface area (Å²) in [4.78, 5) is 0. The van der Waals surface area contributed by atoms with Gasteiger partial charge in [-0.05, 0) is 59.4 Å². The number of halogens is 2. The predicted octanol–water partition coefficient (Wildman–Crippen LogP) is 2.86. The molecular weight excluding hydrogens is 442 g/mol. The second kappa shape index (κ2) is 11.2. The molecule has 8 heteroatoms. The molecule has 6 nitrogen and oxygen atoms in total. The molecule has 2 aromatic carbocycles. The number of hydrogen-bond donors (Lipinski definition) is 2. The molecule has 4 aliphatic rings. The normalized spacial score (nSPS) is 28.8. The molecule has 0 aromatic heterocycles. The van der Waals surface area contributed by atoms with E-state index in [9.17, 15) is 8.78 Å². The minimum absolute atomic E-state index is 0.0142. The van der Waals surface area contributed by atoms with Gasteiger partial charge < -0.3 is 29.6 Å². The van der Waals surface area contributed by atoms with Crippen molar-refractivity contribution >= 4 is 0 Å². The molecule has 184 valence electrons. The molecule has 4 heterocycles. The second-order valence-corrected chi connectivity index (χ2v) is 9.04. The van der Waals surface area contributed by atoms with Gasteiger partial charge in [-0.3, -0.25) is 0 Å². The Kier molecular flexibility index (Phi) is 7.83. The molecule has 0 radical (unpaired) electrons. The SMILES string of the molecule is Fc1ccc2c(c1)CCO[C@@H]2[C@@H]1COCCN1.Fc1ccc2c(c1)CCO[C@H]2[C@@H]1COCCN1. The largest absolute Gasteiger partial charge is 0.378 e. The Labute approximate surface area is 198 Å². The third kappa shape index (κ3) is 5.48. The van der Waals surface area contributed by atoms with Crippen LogP contribution < -0.4 is 10.6 Å². The zero-order chi connectivity index (χ0) is 23.3. The summed E-state index contributed by atoms with van der Waals surface area (Å²) in [5.41, 5.74) is 4.32. The van der Waals surface area contributed by atoms with E-state index in [0.29, 0.717) is 26.4 Å². The van der Waals surface area contributed by atoms with Crippen LogP contribution in [0.1, 0.15) is 34.5 Å². The van der Waals surface area contributed by atoms with E-state index in [1.54, 1.807) is 12.1 Å². The highest BCUT2D eigenvalue weighted by Crippen LogP contribution is 2.32. The first kappa shape index (κ1) is 23.8. The van der Waals surface area contributed by atoms with Gasteiger partial charge in [0.15, 0.2) is 0 Å². The summed E-state index contributed by atoms with van der Waals surface area (Å²) < 4.78 is 48.9. The summed E-state index contributed by atoms with van der Waals surface area (Å²) in [6.45, 7) is 5.81. The van der Waals surface area contributed by atoms with E-state index < -0.39 is 0 Å².